The summed E-state index contributed by atoms with van der Waals surface area (Å²) >= 11 is 18.7. The molecule has 0 radical (unpaired) electrons. The van der Waals surface area contributed by atoms with Crippen LogP contribution in [0.25, 0.3) is 11.3 Å². The number of piperazine rings is 1. The molecule has 3 heterocycles. The maximum Gasteiger partial charge on any atom is 0.416 e. The van der Waals surface area contributed by atoms with Crippen LogP contribution in [-0.2, 0) is 4.74 Å². The summed E-state index contributed by atoms with van der Waals surface area (Å²) in [7, 11) is 0. The molecule has 2 saturated heterocycles. The Morgan fingerprint density at radius 2 is 1.91 bits per heavy atom. The summed E-state index contributed by atoms with van der Waals surface area (Å²) in [6, 6.07) is 10.8. The van der Waals surface area contributed by atoms with Crippen LogP contribution in [0.1, 0.15) is 22.0 Å². The van der Waals surface area contributed by atoms with Crippen molar-refractivity contribution in [3.63, 3.8) is 0 Å². The molecule has 0 unspecified atom stereocenters. The Labute approximate surface area is 204 Å². The number of fused-ring (bicyclic) bond motifs is 1. The number of benzene rings is 2. The average molecular weight is 509 g/mol. The molecule has 2 aliphatic heterocycles. The van der Waals surface area contributed by atoms with Crippen molar-refractivity contribution >= 4 is 40.7 Å². The lowest BCUT2D eigenvalue weighted by molar-refractivity contribution is -0.0858. The summed E-state index contributed by atoms with van der Waals surface area (Å²) in [5.74, 6) is -0.449. The van der Waals surface area contributed by atoms with Gasteiger partial charge < -0.3 is 14.1 Å². The Kier molecular flexibility index (Phi) is 6.24. The number of carbonyl (C=O) groups is 1. The Morgan fingerprint density at radius 3 is 2.67 bits per heavy atom. The normalized spacial score (nSPS) is 21.1. The van der Waals surface area contributed by atoms with Crippen LogP contribution in [0.3, 0.4) is 0 Å². The number of morpholine rings is 1. The largest absolute Gasteiger partial charge is 0.416 e. The summed E-state index contributed by atoms with van der Waals surface area (Å²) in [6.07, 6.45) is 1.33. The summed E-state index contributed by atoms with van der Waals surface area (Å²) in [5.41, 5.74) is 1.85. The van der Waals surface area contributed by atoms with Crippen molar-refractivity contribution in [2.45, 2.75) is 12.1 Å². The zero-order valence-electron chi connectivity index (χ0n) is 17.4. The number of amides is 1. The first-order valence-corrected chi connectivity index (χ1v) is 11.6. The highest BCUT2D eigenvalue weighted by atomic mass is 35.5. The highest BCUT2D eigenvalue weighted by Gasteiger charge is 2.36. The van der Waals surface area contributed by atoms with E-state index in [0.29, 0.717) is 53.2 Å². The molecule has 2 fully saturated rings. The van der Waals surface area contributed by atoms with E-state index < -0.39 is 5.76 Å². The monoisotopic (exact) mass is 507 g/mol. The summed E-state index contributed by atoms with van der Waals surface area (Å²) in [5, 5.41) is 1.28. The van der Waals surface area contributed by atoms with Crippen molar-refractivity contribution in [2.75, 3.05) is 32.8 Å². The molecule has 0 bridgehead atoms. The fourth-order valence-corrected chi connectivity index (χ4v) is 4.96. The number of hydrogen-bond donors (Lipinski definition) is 1. The van der Waals surface area contributed by atoms with Crippen LogP contribution < -0.4 is 5.76 Å². The van der Waals surface area contributed by atoms with Crippen LogP contribution >= 0.6 is 34.8 Å². The van der Waals surface area contributed by atoms with Crippen LogP contribution in [0.15, 0.2) is 51.8 Å². The number of nitrogens with zero attached hydrogens (tertiary/aromatic N) is 2. The van der Waals surface area contributed by atoms with Crippen LogP contribution in [-0.4, -0.2) is 59.5 Å². The lowest BCUT2D eigenvalue weighted by Crippen LogP contribution is -2.59. The number of ether oxygens (including phenoxy) is 1. The van der Waals surface area contributed by atoms with E-state index in [-0.39, 0.29) is 23.1 Å². The van der Waals surface area contributed by atoms with Gasteiger partial charge in [-0.05, 0) is 29.8 Å². The van der Waals surface area contributed by atoms with Gasteiger partial charge in [-0.2, -0.15) is 0 Å². The first kappa shape index (κ1) is 22.5. The van der Waals surface area contributed by atoms with Crippen molar-refractivity contribution in [1.29, 1.82) is 0 Å². The molecule has 1 N–H and O–H groups in total. The van der Waals surface area contributed by atoms with E-state index in [1.165, 1.54) is 6.20 Å². The zero-order chi connectivity index (χ0) is 23.1. The molecule has 0 spiro atoms. The van der Waals surface area contributed by atoms with Crippen LogP contribution in [0, 0.1) is 0 Å². The maximum atomic E-state index is 13.3. The van der Waals surface area contributed by atoms with Gasteiger partial charge in [-0.3, -0.25) is 14.7 Å². The molecule has 2 aliphatic rings. The van der Waals surface area contributed by atoms with Gasteiger partial charge in [-0.15, -0.1) is 0 Å². The zero-order valence-corrected chi connectivity index (χ0v) is 19.7. The molecular weight excluding hydrogens is 489 g/mol. The number of aromatic nitrogens is 1. The van der Waals surface area contributed by atoms with Gasteiger partial charge in [-0.25, -0.2) is 4.79 Å². The molecule has 3 aromatic rings. The molecule has 7 nitrogen and oxygen atoms in total. The number of carbonyl (C=O) groups excluding carboxylic acids is 1. The summed E-state index contributed by atoms with van der Waals surface area (Å²) in [4.78, 5) is 31.2. The number of rotatable bonds is 3. The second kappa shape index (κ2) is 9.16. The molecule has 5 rings (SSSR count). The van der Waals surface area contributed by atoms with E-state index in [0.717, 1.165) is 12.1 Å². The minimum atomic E-state index is -0.578. The van der Waals surface area contributed by atoms with Gasteiger partial charge in [0.25, 0.3) is 5.91 Å². The van der Waals surface area contributed by atoms with Crippen molar-refractivity contribution in [3.05, 3.63) is 79.3 Å². The van der Waals surface area contributed by atoms with Gasteiger partial charge >= 0.3 is 5.76 Å². The molecule has 2 atom stereocenters. The predicted molar refractivity (Wildman–Crippen MR) is 126 cm³/mol. The van der Waals surface area contributed by atoms with Gasteiger partial charge in [-0.1, -0.05) is 46.9 Å². The number of oxazole rings is 1. The highest BCUT2D eigenvalue weighted by molar-refractivity contribution is 6.42. The molecule has 0 saturated carbocycles. The fourth-order valence-electron chi connectivity index (χ4n) is 4.36. The van der Waals surface area contributed by atoms with Crippen molar-refractivity contribution in [3.8, 4) is 11.3 Å². The Bertz CT molecular complexity index is 1260. The van der Waals surface area contributed by atoms with Gasteiger partial charge in [0.15, 0.2) is 5.76 Å². The van der Waals surface area contributed by atoms with Gasteiger partial charge in [0.1, 0.15) is 0 Å². The number of halogens is 3. The number of hydrogen-bond acceptors (Lipinski definition) is 5. The molecule has 33 heavy (non-hydrogen) atoms. The van der Waals surface area contributed by atoms with Crippen LogP contribution in [0.5, 0.6) is 0 Å². The van der Waals surface area contributed by atoms with E-state index in [4.69, 9.17) is 44.0 Å². The smallest absolute Gasteiger partial charge is 0.408 e. The highest BCUT2D eigenvalue weighted by Crippen LogP contribution is 2.33. The molecule has 0 aliphatic carbocycles. The molecule has 1 amide bonds. The van der Waals surface area contributed by atoms with Gasteiger partial charge in [0, 0.05) is 31.7 Å². The van der Waals surface area contributed by atoms with Gasteiger partial charge in [0.2, 0.25) is 0 Å². The molecule has 1 aromatic heterocycles. The summed E-state index contributed by atoms with van der Waals surface area (Å²) in [6.45, 7) is 3.04. The second-order valence-electron chi connectivity index (χ2n) is 8.11. The minimum Gasteiger partial charge on any atom is -0.408 e. The van der Waals surface area contributed by atoms with E-state index in [9.17, 15) is 9.59 Å². The molecule has 10 heteroatoms. The Hall–Kier alpha value is -2.29. The average Bonchev–Trinajstić information content (AvgIpc) is 3.26. The fraction of sp³-hybridized carbons (Fsp3) is 0.304. The van der Waals surface area contributed by atoms with E-state index >= 15 is 0 Å². The predicted octanol–water partition coefficient (Wildman–Crippen LogP) is 4.49. The maximum absolute atomic E-state index is 13.3. The van der Waals surface area contributed by atoms with Crippen LogP contribution in [0.4, 0.5) is 0 Å². The molecule has 2 aromatic carbocycles. The standard InChI is InChI=1S/C23H20Cl3N3O4/c24-17-5-4-13(8-18(17)25)20-11-28-6-7-29(10-14(28)12-32-20)22(30)16-3-1-2-15(21(16)26)19-9-27-23(31)33-19/h1-5,8-9,14,20H,6-7,10-12H2,(H,27,31)/t14-,20-/m0/s1. The number of H-pyrrole nitrogens is 1. The quantitative estimate of drug-likeness (QED) is 0.564. The third kappa shape index (κ3) is 4.44. The Morgan fingerprint density at radius 1 is 1.06 bits per heavy atom. The van der Waals surface area contributed by atoms with Gasteiger partial charge in [0.05, 0.1) is 45.6 Å². The first-order chi connectivity index (χ1) is 15.9. The third-order valence-electron chi connectivity index (χ3n) is 6.12. The van der Waals surface area contributed by atoms with E-state index in [1.54, 1.807) is 29.2 Å². The molecule has 172 valence electrons. The molecular formula is C23H20Cl3N3O4. The Balaban J connectivity index is 1.29. The third-order valence-corrected chi connectivity index (χ3v) is 7.26. The van der Waals surface area contributed by atoms with Crippen molar-refractivity contribution in [1.82, 2.24) is 14.8 Å². The lowest BCUT2D eigenvalue weighted by atomic mass is 10.0. The number of nitrogens with one attached hydrogen (secondary N) is 1. The second-order valence-corrected chi connectivity index (χ2v) is 9.30. The van der Waals surface area contributed by atoms with E-state index in [2.05, 4.69) is 9.88 Å². The van der Waals surface area contributed by atoms with Crippen molar-refractivity contribution in [2.24, 2.45) is 0 Å². The topological polar surface area (TPSA) is 78.8 Å². The van der Waals surface area contributed by atoms with Crippen LogP contribution in [0.2, 0.25) is 15.1 Å². The van der Waals surface area contributed by atoms with Crippen molar-refractivity contribution < 1.29 is 13.9 Å². The first-order valence-electron chi connectivity index (χ1n) is 10.5. The lowest BCUT2D eigenvalue weighted by Gasteiger charge is -2.46. The number of aromatic amines is 1. The minimum absolute atomic E-state index is 0.0892. The van der Waals surface area contributed by atoms with E-state index in [1.807, 2.05) is 12.1 Å². The SMILES string of the molecule is O=C(c1cccc(-c2c[nH]c(=O)o2)c1Cl)N1CCN2C[C@@H](c3ccc(Cl)c(Cl)c3)OC[C@@H]2C1. The summed E-state index contributed by atoms with van der Waals surface area (Å²) < 4.78 is 11.2.